The molecule has 0 unspecified atom stereocenters. The monoisotopic (exact) mass is 238 g/mol. The van der Waals surface area contributed by atoms with Crippen molar-refractivity contribution >= 4 is 15.9 Å². The summed E-state index contributed by atoms with van der Waals surface area (Å²) in [7, 11) is -3.52. The Labute approximate surface area is 95.3 Å². The number of hydrogen-bond acceptors (Lipinski definition) is 3. The van der Waals surface area contributed by atoms with Crippen molar-refractivity contribution in [3.8, 4) is 0 Å². The standard InChI is InChI=1S/C12H14O3S/c1-8-4-5-9-7-11(12(2,3)13)16(14,15)10(9)6-8/h4-7,13H,1-3H3. The third-order valence-corrected chi connectivity index (χ3v) is 4.77. The van der Waals surface area contributed by atoms with Crippen LogP contribution in [-0.2, 0) is 9.84 Å². The van der Waals surface area contributed by atoms with E-state index < -0.39 is 15.4 Å². The van der Waals surface area contributed by atoms with Gasteiger partial charge in [-0.15, -0.1) is 0 Å². The van der Waals surface area contributed by atoms with Crippen LogP contribution in [0.3, 0.4) is 0 Å². The van der Waals surface area contributed by atoms with Gasteiger partial charge in [0.15, 0.2) is 0 Å². The molecule has 1 aromatic carbocycles. The van der Waals surface area contributed by atoms with Crippen LogP contribution < -0.4 is 0 Å². The molecule has 1 aliphatic rings. The molecule has 1 heterocycles. The van der Waals surface area contributed by atoms with Gasteiger partial charge >= 0.3 is 0 Å². The molecule has 0 aliphatic carbocycles. The topological polar surface area (TPSA) is 54.4 Å². The molecular weight excluding hydrogens is 224 g/mol. The van der Waals surface area contributed by atoms with Crippen molar-refractivity contribution in [2.75, 3.05) is 0 Å². The smallest absolute Gasteiger partial charge is 0.206 e. The van der Waals surface area contributed by atoms with Gasteiger partial charge in [0, 0.05) is 0 Å². The summed E-state index contributed by atoms with van der Waals surface area (Å²) >= 11 is 0. The van der Waals surface area contributed by atoms with Crippen LogP contribution in [0.1, 0.15) is 25.0 Å². The highest BCUT2D eigenvalue weighted by Gasteiger charge is 2.37. The van der Waals surface area contributed by atoms with Crippen molar-refractivity contribution in [3.63, 3.8) is 0 Å². The molecule has 0 fully saturated rings. The fraction of sp³-hybridized carbons (Fsp3) is 0.333. The summed E-state index contributed by atoms with van der Waals surface area (Å²) in [6.45, 7) is 4.81. The number of fused-ring (bicyclic) bond motifs is 1. The van der Waals surface area contributed by atoms with Gasteiger partial charge in [-0.3, -0.25) is 0 Å². The van der Waals surface area contributed by atoms with Crippen molar-refractivity contribution in [2.45, 2.75) is 31.3 Å². The zero-order chi connectivity index (χ0) is 12.1. The quantitative estimate of drug-likeness (QED) is 0.813. The van der Waals surface area contributed by atoms with E-state index in [1.165, 1.54) is 13.8 Å². The molecule has 1 aromatic rings. The summed E-state index contributed by atoms with van der Waals surface area (Å²) in [5.74, 6) is 0. The van der Waals surface area contributed by atoms with E-state index in [0.29, 0.717) is 10.5 Å². The van der Waals surface area contributed by atoms with Gasteiger partial charge < -0.3 is 5.11 Å². The molecule has 3 nitrogen and oxygen atoms in total. The summed E-state index contributed by atoms with van der Waals surface area (Å²) in [5, 5.41) is 9.85. The molecule has 1 N–H and O–H groups in total. The Hall–Kier alpha value is -1.13. The van der Waals surface area contributed by atoms with Crippen LogP contribution in [0.5, 0.6) is 0 Å². The molecule has 0 amide bonds. The highest BCUT2D eigenvalue weighted by Crippen LogP contribution is 2.38. The third-order valence-electron chi connectivity index (χ3n) is 2.64. The second-order valence-electron chi connectivity index (χ2n) is 4.61. The van der Waals surface area contributed by atoms with E-state index in [0.717, 1.165) is 5.56 Å². The van der Waals surface area contributed by atoms with Crippen LogP contribution >= 0.6 is 0 Å². The van der Waals surface area contributed by atoms with E-state index in [1.54, 1.807) is 18.2 Å². The molecule has 0 aromatic heterocycles. The maximum atomic E-state index is 12.2. The Balaban J connectivity index is 2.70. The number of aryl methyl sites for hydroxylation is 1. The Morgan fingerprint density at radius 1 is 1.25 bits per heavy atom. The van der Waals surface area contributed by atoms with E-state index in [2.05, 4.69) is 0 Å². The molecule has 0 bridgehead atoms. The molecule has 0 atom stereocenters. The zero-order valence-corrected chi connectivity index (χ0v) is 10.3. The highest BCUT2D eigenvalue weighted by molar-refractivity contribution is 7.96. The first-order chi connectivity index (χ1) is 7.23. The Bertz CT molecular complexity index is 575. The second kappa shape index (κ2) is 3.18. The van der Waals surface area contributed by atoms with Crippen LogP contribution in [-0.4, -0.2) is 19.1 Å². The van der Waals surface area contributed by atoms with Crippen LogP contribution in [0.25, 0.3) is 6.08 Å². The number of benzene rings is 1. The molecule has 0 spiro atoms. The van der Waals surface area contributed by atoms with Crippen LogP contribution in [0.2, 0.25) is 0 Å². The zero-order valence-electron chi connectivity index (χ0n) is 9.48. The maximum absolute atomic E-state index is 12.2. The van der Waals surface area contributed by atoms with Gasteiger partial charge in [0.1, 0.15) is 0 Å². The summed E-state index contributed by atoms with van der Waals surface area (Å²) in [6, 6.07) is 5.26. The van der Waals surface area contributed by atoms with E-state index in [-0.39, 0.29) is 4.91 Å². The molecule has 2 rings (SSSR count). The summed E-state index contributed by atoms with van der Waals surface area (Å²) < 4.78 is 24.3. The number of hydrogen-bond donors (Lipinski definition) is 1. The SMILES string of the molecule is Cc1ccc2c(c1)S(=O)(=O)C(C(C)(C)O)=C2. The average molecular weight is 238 g/mol. The van der Waals surface area contributed by atoms with Gasteiger partial charge in [0.25, 0.3) is 0 Å². The molecule has 4 heteroatoms. The van der Waals surface area contributed by atoms with Crippen LogP contribution in [0, 0.1) is 6.92 Å². The summed E-state index contributed by atoms with van der Waals surface area (Å²) in [4.78, 5) is 0.366. The van der Waals surface area contributed by atoms with Gasteiger partial charge in [-0.1, -0.05) is 12.1 Å². The Morgan fingerprint density at radius 3 is 2.44 bits per heavy atom. The largest absolute Gasteiger partial charge is 0.385 e. The second-order valence-corrected chi connectivity index (χ2v) is 6.50. The highest BCUT2D eigenvalue weighted by atomic mass is 32.2. The first kappa shape index (κ1) is 11.4. The summed E-state index contributed by atoms with van der Waals surface area (Å²) in [5.41, 5.74) is 0.210. The van der Waals surface area contributed by atoms with Crippen LogP contribution in [0.4, 0.5) is 0 Å². The fourth-order valence-electron chi connectivity index (χ4n) is 1.84. The van der Waals surface area contributed by atoms with E-state index >= 15 is 0 Å². The van der Waals surface area contributed by atoms with E-state index in [1.807, 2.05) is 13.0 Å². The third kappa shape index (κ3) is 1.58. The van der Waals surface area contributed by atoms with Crippen molar-refractivity contribution in [1.29, 1.82) is 0 Å². The predicted octanol–water partition coefficient (Wildman–Crippen LogP) is 1.89. The molecule has 1 aliphatic heterocycles. The Kier molecular flexibility index (Phi) is 2.26. The normalized spacial score (nSPS) is 18.1. The lowest BCUT2D eigenvalue weighted by atomic mass is 10.1. The first-order valence-corrected chi connectivity index (χ1v) is 6.51. The lowest BCUT2D eigenvalue weighted by Crippen LogP contribution is -2.25. The van der Waals surface area contributed by atoms with Gasteiger partial charge in [-0.05, 0) is 44.0 Å². The van der Waals surface area contributed by atoms with E-state index in [4.69, 9.17) is 0 Å². The molecular formula is C12H14O3S. The van der Waals surface area contributed by atoms with Crippen molar-refractivity contribution in [3.05, 3.63) is 34.2 Å². The van der Waals surface area contributed by atoms with Gasteiger partial charge in [-0.25, -0.2) is 8.42 Å². The fourth-order valence-corrected chi connectivity index (χ4v) is 3.79. The van der Waals surface area contributed by atoms with Gasteiger partial charge in [-0.2, -0.15) is 0 Å². The van der Waals surface area contributed by atoms with E-state index in [9.17, 15) is 13.5 Å². The number of sulfone groups is 1. The number of rotatable bonds is 1. The van der Waals surface area contributed by atoms with Crippen molar-refractivity contribution < 1.29 is 13.5 Å². The first-order valence-electron chi connectivity index (χ1n) is 5.03. The minimum absolute atomic E-state index is 0.0700. The maximum Gasteiger partial charge on any atom is 0.206 e. The average Bonchev–Trinajstić information content (AvgIpc) is 2.38. The minimum atomic E-state index is -3.52. The van der Waals surface area contributed by atoms with Crippen LogP contribution in [0.15, 0.2) is 28.0 Å². The predicted molar refractivity (Wildman–Crippen MR) is 62.6 cm³/mol. The van der Waals surface area contributed by atoms with Crippen molar-refractivity contribution in [1.82, 2.24) is 0 Å². The molecule has 0 radical (unpaired) electrons. The number of aliphatic hydroxyl groups is 1. The molecule has 0 saturated heterocycles. The molecule has 86 valence electrons. The lowest BCUT2D eigenvalue weighted by molar-refractivity contribution is 0.129. The minimum Gasteiger partial charge on any atom is -0.385 e. The van der Waals surface area contributed by atoms with Gasteiger partial charge in [0.05, 0.1) is 15.4 Å². The molecule has 0 saturated carbocycles. The van der Waals surface area contributed by atoms with Crippen molar-refractivity contribution in [2.24, 2.45) is 0 Å². The van der Waals surface area contributed by atoms with Gasteiger partial charge in [0.2, 0.25) is 9.84 Å². The molecule has 16 heavy (non-hydrogen) atoms. The lowest BCUT2D eigenvalue weighted by Gasteiger charge is -2.18. The summed E-state index contributed by atoms with van der Waals surface area (Å²) in [6.07, 6.45) is 1.55. The Morgan fingerprint density at radius 2 is 1.88 bits per heavy atom.